The molecule has 0 spiro atoms. The fraction of sp³-hybridized carbons (Fsp3) is 0.786. The van der Waals surface area contributed by atoms with E-state index >= 15 is 0 Å². The third kappa shape index (κ3) is 12.5. The summed E-state index contributed by atoms with van der Waals surface area (Å²) in [7, 11) is 0. The van der Waals surface area contributed by atoms with Crippen LogP contribution >= 0.6 is 0 Å². The zero-order chi connectivity index (χ0) is 48.6. The average molecular weight is 957 g/mol. The number of benzene rings is 1. The SMILES string of the molecule is C#CCC(CC(=O)CCCC)Cc1ccc(O[C@@H]2OC(CO)[C@H](O[C@H]3OC(CO)[C@H](O[C@H]4OC(CO)[C@@H](O[C@H]5OC(CO)[C@@H](O)[C@H](O)C5O)[C@H](O)C4O)[C@H](O)C3O)[C@H](O)C2O)c(C(F)F)c1. The summed E-state index contributed by atoms with van der Waals surface area (Å²) in [5, 5.41) is 137. The third-order valence-corrected chi connectivity index (χ3v) is 12.0. The number of aliphatic hydroxyl groups excluding tert-OH is 13. The lowest BCUT2D eigenvalue weighted by Gasteiger charge is -2.49. The highest BCUT2D eigenvalue weighted by atomic mass is 19.3. The molecular formula is C42H62F2O22. The van der Waals surface area contributed by atoms with Gasteiger partial charge < -0.3 is 104 Å². The van der Waals surface area contributed by atoms with Crippen molar-refractivity contribution in [1.82, 2.24) is 0 Å². The molecule has 4 heterocycles. The first-order valence-electron chi connectivity index (χ1n) is 21.6. The van der Waals surface area contributed by atoms with Crippen molar-refractivity contribution in [2.45, 2.75) is 175 Å². The van der Waals surface area contributed by atoms with E-state index in [0.29, 0.717) is 18.4 Å². The van der Waals surface area contributed by atoms with Crippen LogP contribution < -0.4 is 4.74 Å². The van der Waals surface area contributed by atoms with E-state index in [1.165, 1.54) is 12.1 Å². The summed E-state index contributed by atoms with van der Waals surface area (Å²) in [5.74, 6) is 1.78. The van der Waals surface area contributed by atoms with Crippen LogP contribution in [0.5, 0.6) is 5.75 Å². The number of ether oxygens (including phenoxy) is 8. The van der Waals surface area contributed by atoms with Gasteiger partial charge in [0, 0.05) is 19.3 Å². The van der Waals surface area contributed by atoms with Crippen LogP contribution in [0, 0.1) is 18.3 Å². The van der Waals surface area contributed by atoms with Crippen molar-refractivity contribution in [3.8, 4) is 18.1 Å². The average Bonchev–Trinajstić information content (AvgIpc) is 3.30. The summed E-state index contributed by atoms with van der Waals surface area (Å²) < 4.78 is 73.4. The third-order valence-electron chi connectivity index (χ3n) is 12.0. The number of alkyl halides is 2. The molecule has 4 fully saturated rings. The fourth-order valence-corrected chi connectivity index (χ4v) is 8.27. The minimum absolute atomic E-state index is 0.00821. The van der Waals surface area contributed by atoms with E-state index in [1.54, 1.807) is 0 Å². The van der Waals surface area contributed by atoms with Crippen molar-refractivity contribution in [3.05, 3.63) is 29.3 Å². The van der Waals surface area contributed by atoms with E-state index < -0.39 is 167 Å². The lowest BCUT2D eigenvalue weighted by atomic mass is 9.90. The number of rotatable bonds is 21. The number of hydrogen-bond donors (Lipinski definition) is 13. The molecule has 22 nitrogen and oxygen atoms in total. The van der Waals surface area contributed by atoms with E-state index in [0.717, 1.165) is 12.5 Å². The molecule has 9 unspecified atom stereocenters. The van der Waals surface area contributed by atoms with Gasteiger partial charge in [-0.1, -0.05) is 19.4 Å². The number of aliphatic hydroxyl groups is 13. The highest BCUT2D eigenvalue weighted by molar-refractivity contribution is 5.78. The van der Waals surface area contributed by atoms with Gasteiger partial charge in [0.05, 0.1) is 32.0 Å². The van der Waals surface area contributed by atoms with Gasteiger partial charge in [0.1, 0.15) is 109 Å². The highest BCUT2D eigenvalue weighted by Gasteiger charge is 2.55. The van der Waals surface area contributed by atoms with Crippen LogP contribution in [0.3, 0.4) is 0 Å². The van der Waals surface area contributed by atoms with Gasteiger partial charge in [-0.15, -0.1) is 12.3 Å². The Bertz CT molecular complexity index is 1700. The molecule has 0 bridgehead atoms. The smallest absolute Gasteiger partial charge is 0.267 e. The molecule has 0 aromatic heterocycles. The zero-order valence-corrected chi connectivity index (χ0v) is 35.8. The molecule has 13 N–H and O–H groups in total. The van der Waals surface area contributed by atoms with Gasteiger partial charge in [-0.3, -0.25) is 4.79 Å². The molecular weight excluding hydrogens is 894 g/mol. The van der Waals surface area contributed by atoms with Gasteiger partial charge in [-0.25, -0.2) is 8.78 Å². The topological polar surface area (TPSA) is 354 Å². The Kier molecular flexibility index (Phi) is 20.3. The van der Waals surface area contributed by atoms with Crippen molar-refractivity contribution in [3.63, 3.8) is 0 Å². The van der Waals surface area contributed by atoms with Crippen LogP contribution in [0.4, 0.5) is 8.78 Å². The molecule has 0 saturated carbocycles. The highest BCUT2D eigenvalue weighted by Crippen LogP contribution is 2.37. The summed E-state index contributed by atoms with van der Waals surface area (Å²) in [6.07, 6.45) is -32.2. The van der Waals surface area contributed by atoms with Gasteiger partial charge >= 0.3 is 0 Å². The second kappa shape index (κ2) is 24.7. The first-order valence-corrected chi connectivity index (χ1v) is 21.6. The normalized spacial score (nSPS) is 40.2. The maximum atomic E-state index is 14.4. The van der Waals surface area contributed by atoms with Gasteiger partial charge in [-0.2, -0.15) is 0 Å². The molecule has 21 atom stereocenters. The largest absolute Gasteiger partial charge is 0.461 e. The van der Waals surface area contributed by atoms with Crippen LogP contribution in [-0.2, 0) is 44.4 Å². The molecule has 1 aromatic rings. The number of unbranched alkanes of at least 4 members (excludes halogenated alkanes) is 1. The van der Waals surface area contributed by atoms with E-state index in [9.17, 15) is 80.0 Å². The van der Waals surface area contributed by atoms with E-state index in [2.05, 4.69) is 5.92 Å². The predicted molar refractivity (Wildman–Crippen MR) is 213 cm³/mol. The minimum atomic E-state index is -3.10. The maximum absolute atomic E-state index is 14.4. The lowest BCUT2D eigenvalue weighted by molar-refractivity contribution is -0.387. The van der Waals surface area contributed by atoms with E-state index in [1.807, 2.05) is 6.92 Å². The van der Waals surface area contributed by atoms with Crippen molar-refractivity contribution < 1.29 is 118 Å². The standard InChI is InChI=1S/C42H62F2O22/c1-3-5-7-19(49)11-17(6-4-2)10-18-8-9-21(20(12-18)38(43)44)59-39-32(56)28(52)35(23(14-46)61-39)65-41-34(58)30(54)37(25(16-48)63-41)66-42-33(57)29(53)36(24(15-47)62-42)64-40-31(55)27(51)26(50)22(13-45)60-40/h2,8-9,12,17,22-42,45-48,50-58H,3,5-7,10-11,13-16H2,1H3/t17?,22?,23?,24?,25?,26-,27+,28-,29-,30-,31?,32?,33?,34?,35+,36-,37+,39-,40-,41-,42-/m1/s1. The number of carbonyl (C=O) groups is 1. The second-order valence-corrected chi connectivity index (χ2v) is 16.7. The molecule has 4 aliphatic rings. The Morgan fingerprint density at radius 3 is 1.53 bits per heavy atom. The molecule has 66 heavy (non-hydrogen) atoms. The zero-order valence-electron chi connectivity index (χ0n) is 35.8. The number of Topliss-reactive ketones (excluding diaryl/α,β-unsaturated/α-hetero) is 1. The first kappa shape index (κ1) is 54.3. The molecule has 376 valence electrons. The van der Waals surface area contributed by atoms with Crippen LogP contribution in [0.2, 0.25) is 0 Å². The first-order chi connectivity index (χ1) is 31.4. The molecule has 5 rings (SSSR count). The number of hydrogen-bond acceptors (Lipinski definition) is 22. The number of carbonyl (C=O) groups excluding carboxylic acids is 1. The second-order valence-electron chi connectivity index (χ2n) is 16.7. The number of terminal acetylenes is 1. The van der Waals surface area contributed by atoms with Crippen LogP contribution in [-0.4, -0.2) is 221 Å². The molecule has 0 aliphatic carbocycles. The molecule has 4 saturated heterocycles. The molecule has 0 radical (unpaired) electrons. The summed E-state index contributed by atoms with van der Waals surface area (Å²) in [5.41, 5.74) is -0.181. The molecule has 0 amide bonds. The van der Waals surface area contributed by atoms with E-state index in [-0.39, 0.29) is 31.0 Å². The van der Waals surface area contributed by atoms with Gasteiger partial charge in [0.25, 0.3) is 6.43 Å². The van der Waals surface area contributed by atoms with Crippen LogP contribution in [0.15, 0.2) is 18.2 Å². The quantitative estimate of drug-likeness (QED) is 0.0518. The van der Waals surface area contributed by atoms with Crippen molar-refractivity contribution >= 4 is 5.78 Å². The lowest BCUT2D eigenvalue weighted by Crippen LogP contribution is -2.67. The van der Waals surface area contributed by atoms with Crippen molar-refractivity contribution in [2.75, 3.05) is 26.4 Å². The molecule has 24 heteroatoms. The summed E-state index contributed by atoms with van der Waals surface area (Å²) in [6, 6.07) is 3.83. The van der Waals surface area contributed by atoms with Gasteiger partial charge in [0.15, 0.2) is 18.9 Å². The Labute approximate surface area is 377 Å². The fourth-order valence-electron chi connectivity index (χ4n) is 8.27. The maximum Gasteiger partial charge on any atom is 0.267 e. The van der Waals surface area contributed by atoms with Crippen molar-refractivity contribution in [1.29, 1.82) is 0 Å². The Hall–Kier alpha value is -2.69. The summed E-state index contributed by atoms with van der Waals surface area (Å²) >= 11 is 0. The Balaban J connectivity index is 1.22. The summed E-state index contributed by atoms with van der Waals surface area (Å²) in [4.78, 5) is 12.4. The number of ketones is 1. The minimum Gasteiger partial charge on any atom is -0.461 e. The summed E-state index contributed by atoms with van der Waals surface area (Å²) in [6.45, 7) is -1.74. The monoisotopic (exact) mass is 956 g/mol. The Morgan fingerprint density at radius 2 is 1.09 bits per heavy atom. The van der Waals surface area contributed by atoms with Crippen LogP contribution in [0.25, 0.3) is 0 Å². The predicted octanol–water partition coefficient (Wildman–Crippen LogP) is -4.39. The number of halogens is 2. The van der Waals surface area contributed by atoms with Crippen molar-refractivity contribution in [2.24, 2.45) is 5.92 Å². The van der Waals surface area contributed by atoms with Gasteiger partial charge in [0.2, 0.25) is 6.29 Å². The molecule has 4 aliphatic heterocycles. The Morgan fingerprint density at radius 1 is 0.652 bits per heavy atom. The van der Waals surface area contributed by atoms with Gasteiger partial charge in [-0.05, 0) is 36.5 Å². The molecule has 1 aromatic carbocycles. The van der Waals surface area contributed by atoms with E-state index in [4.69, 9.17) is 44.3 Å². The van der Waals surface area contributed by atoms with Crippen LogP contribution in [0.1, 0.15) is 56.6 Å².